The lowest BCUT2D eigenvalue weighted by molar-refractivity contribution is 0.0724. The summed E-state index contributed by atoms with van der Waals surface area (Å²) < 4.78 is 27.0. The monoisotopic (exact) mass is 438 g/mol. The molecule has 1 N–H and O–H groups in total. The zero-order valence-electron chi connectivity index (χ0n) is 15.8. The fourth-order valence-electron chi connectivity index (χ4n) is 4.00. The average molecular weight is 439 g/mol. The summed E-state index contributed by atoms with van der Waals surface area (Å²) in [4.78, 5) is 29.0. The largest absolute Gasteiger partial charge is 0.339 e. The van der Waals surface area contributed by atoms with Gasteiger partial charge < -0.3 is 10.2 Å². The standard InChI is InChI=1S/C21H21ClF2N2O2S/c22-14-11-16(24)15(23)10-13(14)19(27)25-20-18(12-6-2-3-7-17(12)29-20)21(28)26-8-4-1-5-9-26/h10-11H,1-9H2,(H,25,27). The number of thiophene rings is 1. The third-order valence-electron chi connectivity index (χ3n) is 5.51. The third kappa shape index (κ3) is 4.03. The van der Waals surface area contributed by atoms with Crippen LogP contribution < -0.4 is 5.32 Å². The van der Waals surface area contributed by atoms with Crippen LogP contribution in [0.1, 0.15) is 63.3 Å². The number of anilines is 1. The number of fused-ring (bicyclic) bond motifs is 1. The number of amides is 2. The number of rotatable bonds is 3. The van der Waals surface area contributed by atoms with E-state index in [1.165, 1.54) is 11.3 Å². The van der Waals surface area contributed by atoms with Crippen LogP contribution >= 0.6 is 22.9 Å². The van der Waals surface area contributed by atoms with Gasteiger partial charge in [-0.1, -0.05) is 11.6 Å². The number of carbonyl (C=O) groups is 2. The number of nitrogens with zero attached hydrogens (tertiary/aromatic N) is 1. The second-order valence-electron chi connectivity index (χ2n) is 7.47. The Morgan fingerprint density at radius 2 is 1.69 bits per heavy atom. The van der Waals surface area contributed by atoms with Gasteiger partial charge in [-0.15, -0.1) is 11.3 Å². The van der Waals surface area contributed by atoms with Gasteiger partial charge in [-0.05, 0) is 62.6 Å². The molecule has 1 fully saturated rings. The van der Waals surface area contributed by atoms with E-state index in [9.17, 15) is 18.4 Å². The molecule has 1 saturated heterocycles. The predicted octanol–water partition coefficient (Wildman–Crippen LogP) is 5.44. The summed E-state index contributed by atoms with van der Waals surface area (Å²) in [5, 5.41) is 3.05. The van der Waals surface area contributed by atoms with Gasteiger partial charge in [-0.2, -0.15) is 0 Å². The molecular weight excluding hydrogens is 418 g/mol. The number of hydrogen-bond acceptors (Lipinski definition) is 3. The van der Waals surface area contributed by atoms with E-state index in [1.54, 1.807) is 0 Å². The molecule has 4 rings (SSSR count). The van der Waals surface area contributed by atoms with Gasteiger partial charge in [-0.25, -0.2) is 8.78 Å². The quantitative estimate of drug-likeness (QED) is 0.649. The molecule has 1 aliphatic carbocycles. The molecule has 1 aromatic heterocycles. The highest BCUT2D eigenvalue weighted by Gasteiger charge is 2.30. The lowest BCUT2D eigenvalue weighted by Gasteiger charge is -2.27. The molecule has 0 radical (unpaired) electrons. The van der Waals surface area contributed by atoms with Crippen molar-refractivity contribution >= 4 is 39.8 Å². The molecule has 0 spiro atoms. The average Bonchev–Trinajstić information content (AvgIpc) is 3.08. The SMILES string of the molecule is O=C(Nc1sc2c(c1C(=O)N1CCCCC1)CCCC2)c1cc(F)c(F)cc1Cl. The molecule has 1 aromatic carbocycles. The van der Waals surface area contributed by atoms with Crippen molar-refractivity contribution in [3.8, 4) is 0 Å². The summed E-state index contributed by atoms with van der Waals surface area (Å²) in [6, 6.07) is 1.57. The number of nitrogens with one attached hydrogen (secondary N) is 1. The lowest BCUT2D eigenvalue weighted by atomic mass is 9.94. The number of piperidine rings is 1. The van der Waals surface area contributed by atoms with Gasteiger partial charge in [0, 0.05) is 18.0 Å². The predicted molar refractivity (Wildman–Crippen MR) is 110 cm³/mol. The zero-order chi connectivity index (χ0) is 20.5. The number of aryl methyl sites for hydroxylation is 1. The molecule has 1 aliphatic heterocycles. The van der Waals surface area contributed by atoms with E-state index in [-0.39, 0.29) is 16.5 Å². The van der Waals surface area contributed by atoms with Crippen molar-refractivity contribution in [2.24, 2.45) is 0 Å². The molecule has 2 amide bonds. The van der Waals surface area contributed by atoms with Crippen LogP contribution in [0.5, 0.6) is 0 Å². The van der Waals surface area contributed by atoms with Crippen LogP contribution in [0.25, 0.3) is 0 Å². The van der Waals surface area contributed by atoms with E-state index in [0.29, 0.717) is 23.7 Å². The van der Waals surface area contributed by atoms with E-state index in [4.69, 9.17) is 11.6 Å². The molecular formula is C21H21ClF2N2O2S. The van der Waals surface area contributed by atoms with Crippen LogP contribution in [0.15, 0.2) is 12.1 Å². The van der Waals surface area contributed by atoms with E-state index >= 15 is 0 Å². The van der Waals surface area contributed by atoms with Gasteiger partial charge in [0.1, 0.15) is 5.00 Å². The lowest BCUT2D eigenvalue weighted by Crippen LogP contribution is -2.36. The van der Waals surface area contributed by atoms with Gasteiger partial charge in [-0.3, -0.25) is 9.59 Å². The van der Waals surface area contributed by atoms with Crippen molar-refractivity contribution in [3.05, 3.63) is 50.4 Å². The fourth-order valence-corrected chi connectivity index (χ4v) is 5.51. The normalized spacial score (nSPS) is 16.4. The first kappa shape index (κ1) is 20.3. The molecule has 29 heavy (non-hydrogen) atoms. The second-order valence-corrected chi connectivity index (χ2v) is 8.98. The van der Waals surface area contributed by atoms with Crippen molar-refractivity contribution in [2.45, 2.75) is 44.9 Å². The fraction of sp³-hybridized carbons (Fsp3) is 0.429. The Morgan fingerprint density at radius 1 is 1.00 bits per heavy atom. The topological polar surface area (TPSA) is 49.4 Å². The van der Waals surface area contributed by atoms with Crippen LogP contribution in [-0.4, -0.2) is 29.8 Å². The van der Waals surface area contributed by atoms with E-state index < -0.39 is 17.5 Å². The molecule has 4 nitrogen and oxygen atoms in total. The van der Waals surface area contributed by atoms with Crippen molar-refractivity contribution < 1.29 is 18.4 Å². The molecule has 2 heterocycles. The number of likely N-dealkylation sites (tertiary alicyclic amines) is 1. The highest BCUT2D eigenvalue weighted by Crippen LogP contribution is 2.39. The number of benzene rings is 1. The van der Waals surface area contributed by atoms with E-state index in [2.05, 4.69) is 5.32 Å². The summed E-state index contributed by atoms with van der Waals surface area (Å²) in [6.45, 7) is 1.43. The van der Waals surface area contributed by atoms with Crippen molar-refractivity contribution in [3.63, 3.8) is 0 Å². The summed E-state index contributed by atoms with van der Waals surface area (Å²) in [5.41, 5.74) is 1.41. The highest BCUT2D eigenvalue weighted by atomic mass is 35.5. The molecule has 8 heteroatoms. The minimum atomic E-state index is -1.14. The van der Waals surface area contributed by atoms with Crippen molar-refractivity contribution in [1.29, 1.82) is 0 Å². The van der Waals surface area contributed by atoms with Crippen LogP contribution in [0, 0.1) is 11.6 Å². The minimum Gasteiger partial charge on any atom is -0.339 e. The van der Waals surface area contributed by atoms with Crippen LogP contribution in [-0.2, 0) is 12.8 Å². The number of hydrogen-bond donors (Lipinski definition) is 1. The van der Waals surface area contributed by atoms with Crippen LogP contribution in [0.3, 0.4) is 0 Å². The van der Waals surface area contributed by atoms with Gasteiger partial charge in [0.25, 0.3) is 11.8 Å². The molecule has 2 aromatic rings. The zero-order valence-corrected chi connectivity index (χ0v) is 17.4. The number of carbonyl (C=O) groups excluding carboxylic acids is 2. The van der Waals surface area contributed by atoms with Crippen molar-refractivity contribution in [1.82, 2.24) is 4.90 Å². The van der Waals surface area contributed by atoms with Crippen molar-refractivity contribution in [2.75, 3.05) is 18.4 Å². The minimum absolute atomic E-state index is 0.0595. The maximum Gasteiger partial charge on any atom is 0.257 e. The molecule has 154 valence electrons. The molecule has 0 bridgehead atoms. The summed E-state index contributed by atoms with van der Waals surface area (Å²) in [5.74, 6) is -2.97. The first-order chi connectivity index (χ1) is 14.0. The van der Waals surface area contributed by atoms with Gasteiger partial charge in [0.05, 0.1) is 16.1 Å². The van der Waals surface area contributed by atoms with Gasteiger partial charge >= 0.3 is 0 Å². The van der Waals surface area contributed by atoms with E-state index in [1.807, 2.05) is 4.90 Å². The maximum atomic E-state index is 13.6. The molecule has 0 atom stereocenters. The first-order valence-corrected chi connectivity index (χ1v) is 11.0. The third-order valence-corrected chi connectivity index (χ3v) is 7.03. The Kier molecular flexibility index (Phi) is 5.88. The molecule has 0 saturated carbocycles. The number of halogens is 3. The summed E-state index contributed by atoms with van der Waals surface area (Å²) >= 11 is 7.35. The van der Waals surface area contributed by atoms with Gasteiger partial charge in [0.15, 0.2) is 11.6 Å². The Bertz CT molecular complexity index is 970. The Hall–Kier alpha value is -1.99. The van der Waals surface area contributed by atoms with Gasteiger partial charge in [0.2, 0.25) is 0 Å². The highest BCUT2D eigenvalue weighted by molar-refractivity contribution is 7.17. The second kappa shape index (κ2) is 8.40. The Morgan fingerprint density at radius 3 is 2.45 bits per heavy atom. The van der Waals surface area contributed by atoms with E-state index in [0.717, 1.165) is 67.5 Å². The summed E-state index contributed by atoms with van der Waals surface area (Å²) in [6.07, 6.45) is 6.81. The molecule has 2 aliphatic rings. The first-order valence-electron chi connectivity index (χ1n) is 9.85. The van der Waals surface area contributed by atoms with Crippen LogP contribution in [0.4, 0.5) is 13.8 Å². The Labute approximate surface area is 176 Å². The summed E-state index contributed by atoms with van der Waals surface area (Å²) in [7, 11) is 0. The Balaban J connectivity index is 1.68. The molecule has 0 unspecified atom stereocenters. The maximum absolute atomic E-state index is 13.6. The van der Waals surface area contributed by atoms with Crippen LogP contribution in [0.2, 0.25) is 5.02 Å². The smallest absolute Gasteiger partial charge is 0.257 e.